The molecule has 1 aromatic carbocycles. The number of hydrogen-bond acceptors (Lipinski definition) is 5. The van der Waals surface area contributed by atoms with E-state index in [0.29, 0.717) is 5.39 Å². The van der Waals surface area contributed by atoms with Crippen LogP contribution in [0.2, 0.25) is 0 Å². The third kappa shape index (κ3) is 4.35. The Kier molecular flexibility index (Phi) is 5.58. The molecule has 2 aromatic rings. The topological polar surface area (TPSA) is 76.7 Å². The van der Waals surface area contributed by atoms with Crippen LogP contribution in [-0.2, 0) is 4.79 Å². The molecule has 1 heterocycles. The van der Waals surface area contributed by atoms with E-state index in [4.69, 9.17) is 9.15 Å². The molecule has 0 saturated carbocycles. The molecule has 5 heteroatoms. The van der Waals surface area contributed by atoms with Crippen molar-refractivity contribution in [1.29, 1.82) is 0 Å². The Morgan fingerprint density at radius 1 is 1.18 bits per heavy atom. The molecule has 22 heavy (non-hydrogen) atoms. The van der Waals surface area contributed by atoms with Crippen molar-refractivity contribution in [2.24, 2.45) is 0 Å². The summed E-state index contributed by atoms with van der Waals surface area (Å²) in [6.45, 7) is 2.13. The highest BCUT2D eigenvalue weighted by molar-refractivity contribution is 5.80. The van der Waals surface area contributed by atoms with Crippen LogP contribution in [-0.4, -0.2) is 11.1 Å². The molecular formula is C17H20O5. The minimum Gasteiger partial charge on any atom is -0.508 e. The average molecular weight is 304 g/mol. The van der Waals surface area contributed by atoms with Gasteiger partial charge in [-0.1, -0.05) is 32.6 Å². The zero-order valence-electron chi connectivity index (χ0n) is 12.6. The second-order valence-electron chi connectivity index (χ2n) is 5.26. The number of unbranched alkanes of at least 4 members (excludes halogenated alkanes) is 4. The number of ether oxygens (including phenoxy) is 1. The van der Waals surface area contributed by atoms with Gasteiger partial charge >= 0.3 is 11.6 Å². The van der Waals surface area contributed by atoms with Crippen LogP contribution in [0.4, 0.5) is 0 Å². The lowest BCUT2D eigenvalue weighted by atomic mass is 10.1. The highest BCUT2D eigenvalue weighted by Gasteiger charge is 2.11. The van der Waals surface area contributed by atoms with Crippen LogP contribution in [0, 0.1) is 0 Å². The van der Waals surface area contributed by atoms with Crippen molar-refractivity contribution in [3.63, 3.8) is 0 Å². The number of carbonyl (C=O) groups excluding carboxylic acids is 1. The van der Waals surface area contributed by atoms with E-state index in [-0.39, 0.29) is 23.5 Å². The molecule has 0 atom stereocenters. The number of phenols is 1. The van der Waals surface area contributed by atoms with E-state index >= 15 is 0 Å². The predicted octanol–water partition coefficient (Wildman–Crippen LogP) is 3.76. The van der Waals surface area contributed by atoms with Crippen LogP contribution in [0.3, 0.4) is 0 Å². The monoisotopic (exact) mass is 304 g/mol. The zero-order valence-corrected chi connectivity index (χ0v) is 12.6. The number of phenolic OH excluding ortho intramolecular Hbond substituents is 1. The number of aromatic hydroxyl groups is 1. The lowest BCUT2D eigenvalue weighted by Crippen LogP contribution is -2.13. The van der Waals surface area contributed by atoms with E-state index in [0.717, 1.165) is 32.1 Å². The second-order valence-corrected chi connectivity index (χ2v) is 5.26. The molecule has 0 spiro atoms. The molecule has 1 aromatic heterocycles. The molecule has 0 amide bonds. The van der Waals surface area contributed by atoms with Crippen LogP contribution in [0.5, 0.6) is 11.5 Å². The third-order valence-corrected chi connectivity index (χ3v) is 3.40. The second kappa shape index (κ2) is 7.64. The van der Waals surface area contributed by atoms with Crippen molar-refractivity contribution in [3.05, 3.63) is 34.7 Å². The van der Waals surface area contributed by atoms with Gasteiger partial charge in [0.05, 0.1) is 0 Å². The predicted molar refractivity (Wildman–Crippen MR) is 83.2 cm³/mol. The molecule has 118 valence electrons. The lowest BCUT2D eigenvalue weighted by molar-refractivity contribution is -0.134. The van der Waals surface area contributed by atoms with E-state index in [1.807, 2.05) is 0 Å². The molecule has 0 radical (unpaired) electrons. The molecule has 0 unspecified atom stereocenters. The third-order valence-electron chi connectivity index (χ3n) is 3.40. The molecule has 0 aliphatic rings. The molecular weight excluding hydrogens is 284 g/mol. The Labute approximate surface area is 128 Å². The summed E-state index contributed by atoms with van der Waals surface area (Å²) in [4.78, 5) is 23.5. The first-order chi connectivity index (χ1) is 10.6. The molecule has 5 nitrogen and oxygen atoms in total. The average Bonchev–Trinajstić information content (AvgIpc) is 2.48. The van der Waals surface area contributed by atoms with Gasteiger partial charge in [0.2, 0.25) is 5.75 Å². The van der Waals surface area contributed by atoms with Gasteiger partial charge in [0.1, 0.15) is 11.3 Å². The molecule has 0 aliphatic carbocycles. The normalized spacial score (nSPS) is 10.8. The number of hydrogen-bond donors (Lipinski definition) is 1. The van der Waals surface area contributed by atoms with Gasteiger partial charge in [-0.05, 0) is 24.6 Å². The first-order valence-electron chi connectivity index (χ1n) is 7.57. The van der Waals surface area contributed by atoms with Gasteiger partial charge in [-0.15, -0.1) is 0 Å². The Hall–Kier alpha value is -2.30. The van der Waals surface area contributed by atoms with Gasteiger partial charge in [0, 0.05) is 17.9 Å². The van der Waals surface area contributed by atoms with E-state index in [1.54, 1.807) is 6.07 Å². The molecule has 0 aliphatic heterocycles. The number of rotatable bonds is 7. The standard InChI is InChI=1S/C17H20O5/c1-2-3-4-5-6-7-16(19)21-15-10-12-8-9-13(18)11-14(12)22-17(15)20/h8-11,18H,2-7H2,1H3. The van der Waals surface area contributed by atoms with Crippen molar-refractivity contribution >= 4 is 16.9 Å². The van der Waals surface area contributed by atoms with Crippen molar-refractivity contribution in [3.8, 4) is 11.5 Å². The largest absolute Gasteiger partial charge is 0.508 e. The summed E-state index contributed by atoms with van der Waals surface area (Å²) in [5, 5.41) is 9.93. The molecule has 2 rings (SSSR count). The van der Waals surface area contributed by atoms with Gasteiger partial charge in [-0.25, -0.2) is 4.79 Å². The summed E-state index contributed by atoms with van der Waals surface area (Å²) in [6.07, 6.45) is 5.44. The van der Waals surface area contributed by atoms with Gasteiger partial charge in [-0.3, -0.25) is 4.79 Å². The highest BCUT2D eigenvalue weighted by atomic mass is 16.5. The van der Waals surface area contributed by atoms with Crippen LogP contribution in [0.25, 0.3) is 11.0 Å². The van der Waals surface area contributed by atoms with Crippen molar-refractivity contribution in [2.45, 2.75) is 45.4 Å². The van der Waals surface area contributed by atoms with Gasteiger partial charge < -0.3 is 14.3 Å². The summed E-state index contributed by atoms with van der Waals surface area (Å²) >= 11 is 0. The summed E-state index contributed by atoms with van der Waals surface area (Å²) in [6, 6.07) is 5.86. The fourth-order valence-electron chi connectivity index (χ4n) is 2.20. The smallest absolute Gasteiger partial charge is 0.379 e. The summed E-state index contributed by atoms with van der Waals surface area (Å²) < 4.78 is 10.1. The van der Waals surface area contributed by atoms with Crippen LogP contribution in [0.1, 0.15) is 45.4 Å². The van der Waals surface area contributed by atoms with Crippen molar-refractivity contribution in [2.75, 3.05) is 0 Å². The van der Waals surface area contributed by atoms with Crippen molar-refractivity contribution < 1.29 is 19.1 Å². The Balaban J connectivity index is 1.99. The van der Waals surface area contributed by atoms with Crippen LogP contribution in [0.15, 0.2) is 33.5 Å². The van der Waals surface area contributed by atoms with E-state index in [9.17, 15) is 14.7 Å². The van der Waals surface area contributed by atoms with Crippen LogP contribution < -0.4 is 10.4 Å². The zero-order chi connectivity index (χ0) is 15.9. The fraction of sp³-hybridized carbons (Fsp3) is 0.412. The number of esters is 1. The SMILES string of the molecule is CCCCCCCC(=O)Oc1cc2ccc(O)cc2oc1=O. The Bertz CT molecular complexity index is 702. The summed E-state index contributed by atoms with van der Waals surface area (Å²) in [7, 11) is 0. The van der Waals surface area contributed by atoms with E-state index in [1.165, 1.54) is 18.2 Å². The quantitative estimate of drug-likeness (QED) is 0.479. The van der Waals surface area contributed by atoms with E-state index in [2.05, 4.69) is 6.92 Å². The van der Waals surface area contributed by atoms with Gasteiger partial charge in [0.15, 0.2) is 0 Å². The fourth-order valence-corrected chi connectivity index (χ4v) is 2.20. The lowest BCUT2D eigenvalue weighted by Gasteiger charge is -2.04. The molecule has 0 saturated heterocycles. The minimum absolute atomic E-state index is 0.00692. The maximum absolute atomic E-state index is 11.8. The van der Waals surface area contributed by atoms with E-state index < -0.39 is 11.6 Å². The molecule has 0 fully saturated rings. The Morgan fingerprint density at radius 2 is 1.95 bits per heavy atom. The summed E-state index contributed by atoms with van der Waals surface area (Å²) in [5.41, 5.74) is -0.471. The minimum atomic E-state index is -0.725. The summed E-state index contributed by atoms with van der Waals surface area (Å²) in [5.74, 6) is -0.536. The Morgan fingerprint density at radius 3 is 2.73 bits per heavy atom. The molecule has 0 bridgehead atoms. The number of fused-ring (bicyclic) bond motifs is 1. The van der Waals surface area contributed by atoms with Crippen LogP contribution >= 0.6 is 0 Å². The number of benzene rings is 1. The number of carbonyl (C=O) groups is 1. The van der Waals surface area contributed by atoms with Gasteiger partial charge in [0.25, 0.3) is 0 Å². The molecule has 1 N–H and O–H groups in total. The first kappa shape index (κ1) is 16.1. The highest BCUT2D eigenvalue weighted by Crippen LogP contribution is 2.21. The van der Waals surface area contributed by atoms with Gasteiger partial charge in [-0.2, -0.15) is 0 Å². The maximum Gasteiger partial charge on any atom is 0.379 e. The van der Waals surface area contributed by atoms with Crippen molar-refractivity contribution in [1.82, 2.24) is 0 Å². The first-order valence-corrected chi connectivity index (χ1v) is 7.57. The maximum atomic E-state index is 11.8.